The molecule has 1 aromatic heterocycles. The lowest BCUT2D eigenvalue weighted by Crippen LogP contribution is -2.56. The Balaban J connectivity index is 1.34. The third-order valence-electron chi connectivity index (χ3n) is 5.92. The van der Waals surface area contributed by atoms with Crippen molar-refractivity contribution < 1.29 is 23.0 Å². The van der Waals surface area contributed by atoms with Crippen LogP contribution in [0.2, 0.25) is 0 Å². The molecule has 3 saturated heterocycles. The van der Waals surface area contributed by atoms with Crippen LogP contribution in [0.1, 0.15) is 23.3 Å². The zero-order valence-electron chi connectivity index (χ0n) is 15.1. The highest BCUT2D eigenvalue weighted by atomic mass is 19.3. The smallest absolute Gasteiger partial charge is 0.282 e. The van der Waals surface area contributed by atoms with Crippen LogP contribution >= 0.6 is 0 Å². The lowest BCUT2D eigenvalue weighted by molar-refractivity contribution is -0.0265. The van der Waals surface area contributed by atoms with Crippen LogP contribution < -0.4 is 9.64 Å². The molecule has 8 heteroatoms. The topological polar surface area (TPSA) is 54.9 Å². The Morgan fingerprint density at radius 1 is 1.22 bits per heavy atom. The van der Waals surface area contributed by atoms with Crippen molar-refractivity contribution in [2.24, 2.45) is 17.8 Å². The number of hydrogen-bond donors (Lipinski definition) is 0. The highest BCUT2D eigenvalue weighted by Crippen LogP contribution is 2.38. The first-order chi connectivity index (χ1) is 13.0. The Labute approximate surface area is 156 Å². The second-order valence-corrected chi connectivity index (χ2v) is 8.25. The van der Waals surface area contributed by atoms with Crippen LogP contribution in [-0.4, -0.2) is 67.7 Å². The Morgan fingerprint density at radius 3 is 2.56 bits per heavy atom. The van der Waals surface area contributed by atoms with Gasteiger partial charge in [-0.2, -0.15) is 0 Å². The molecule has 6 nitrogen and oxygen atoms in total. The van der Waals surface area contributed by atoms with Crippen molar-refractivity contribution in [2.75, 3.05) is 50.9 Å². The molecule has 1 aromatic rings. The molecule has 0 radical (unpaired) electrons. The number of pyridine rings is 1. The summed E-state index contributed by atoms with van der Waals surface area (Å²) in [5.74, 6) is -1.18. The zero-order chi connectivity index (χ0) is 18.6. The van der Waals surface area contributed by atoms with Crippen LogP contribution in [0.3, 0.4) is 0 Å². The fraction of sp³-hybridized carbons (Fsp3) is 0.684. The van der Waals surface area contributed by atoms with Crippen LogP contribution in [0.25, 0.3) is 0 Å². The Bertz CT molecular complexity index is 736. The summed E-state index contributed by atoms with van der Waals surface area (Å²) in [5, 5.41) is 0. The second-order valence-electron chi connectivity index (χ2n) is 8.25. The summed E-state index contributed by atoms with van der Waals surface area (Å²) in [6.07, 6.45) is 2.24. The number of ether oxygens (including phenoxy) is 2. The van der Waals surface area contributed by atoms with E-state index < -0.39 is 5.92 Å². The number of nitrogens with zero attached hydrogens (tertiary/aromatic N) is 3. The molecule has 4 heterocycles. The van der Waals surface area contributed by atoms with Crippen molar-refractivity contribution in [3.8, 4) is 5.88 Å². The molecule has 0 spiro atoms. The lowest BCUT2D eigenvalue weighted by atomic mass is 10.0. The van der Waals surface area contributed by atoms with E-state index in [9.17, 15) is 13.6 Å². The molecule has 1 saturated carbocycles. The summed E-state index contributed by atoms with van der Waals surface area (Å²) < 4.78 is 37.8. The molecular formula is C19H23F2N3O3. The standard InChI is InChI=1S/C19H23F2N3O3/c20-19(21)10-24(11-19)16-4-3-15(22-17(16)27-7-12-1-2-12)18(25)23-5-13-8-26-9-14(13)6-23/h3-4,12-14H,1-2,5-11H2/t13-,14?/m1/s1. The van der Waals surface area contributed by atoms with Gasteiger partial charge < -0.3 is 19.3 Å². The molecule has 1 aliphatic carbocycles. The van der Waals surface area contributed by atoms with E-state index in [4.69, 9.17) is 9.47 Å². The van der Waals surface area contributed by atoms with Gasteiger partial charge in [0.2, 0.25) is 5.88 Å². The number of halogens is 2. The van der Waals surface area contributed by atoms with Gasteiger partial charge in [-0.05, 0) is 30.9 Å². The predicted molar refractivity (Wildman–Crippen MR) is 93.3 cm³/mol. The molecule has 146 valence electrons. The molecule has 3 aliphatic heterocycles. The van der Waals surface area contributed by atoms with Gasteiger partial charge in [0, 0.05) is 24.9 Å². The normalized spacial score (nSPS) is 28.8. The van der Waals surface area contributed by atoms with Crippen molar-refractivity contribution in [3.63, 3.8) is 0 Å². The summed E-state index contributed by atoms with van der Waals surface area (Å²) >= 11 is 0. The summed E-state index contributed by atoms with van der Waals surface area (Å²) in [4.78, 5) is 20.7. The minimum absolute atomic E-state index is 0.124. The number of anilines is 1. The molecule has 27 heavy (non-hydrogen) atoms. The fourth-order valence-electron chi connectivity index (χ4n) is 4.08. The monoisotopic (exact) mass is 379 g/mol. The highest BCUT2D eigenvalue weighted by molar-refractivity contribution is 5.93. The van der Waals surface area contributed by atoms with Crippen molar-refractivity contribution in [3.05, 3.63) is 17.8 Å². The van der Waals surface area contributed by atoms with E-state index in [0.717, 1.165) is 12.8 Å². The van der Waals surface area contributed by atoms with E-state index in [0.29, 0.717) is 67.9 Å². The summed E-state index contributed by atoms with van der Waals surface area (Å²) in [7, 11) is 0. The summed E-state index contributed by atoms with van der Waals surface area (Å²) in [6, 6.07) is 3.32. The van der Waals surface area contributed by atoms with E-state index in [2.05, 4.69) is 4.98 Å². The van der Waals surface area contributed by atoms with E-state index in [1.165, 1.54) is 0 Å². The predicted octanol–water partition coefficient (Wildman–Crippen LogP) is 2.04. The van der Waals surface area contributed by atoms with Crippen LogP contribution in [-0.2, 0) is 4.74 Å². The van der Waals surface area contributed by atoms with Gasteiger partial charge in [0.25, 0.3) is 11.8 Å². The van der Waals surface area contributed by atoms with E-state index in [1.807, 2.05) is 4.90 Å². The number of alkyl halides is 2. The molecule has 0 N–H and O–H groups in total. The number of amides is 1. The Morgan fingerprint density at radius 2 is 1.93 bits per heavy atom. The maximum Gasteiger partial charge on any atom is 0.282 e. The first kappa shape index (κ1) is 17.2. The first-order valence-corrected chi connectivity index (χ1v) is 9.62. The van der Waals surface area contributed by atoms with Gasteiger partial charge in [0.15, 0.2) is 0 Å². The number of carbonyl (C=O) groups excluding carboxylic acids is 1. The van der Waals surface area contributed by atoms with Crippen molar-refractivity contribution in [1.29, 1.82) is 0 Å². The van der Waals surface area contributed by atoms with Crippen LogP contribution in [0, 0.1) is 17.8 Å². The molecule has 4 aliphatic rings. The van der Waals surface area contributed by atoms with E-state index in [-0.39, 0.29) is 19.0 Å². The Kier molecular flexibility index (Phi) is 4.00. The number of rotatable bonds is 5. The van der Waals surface area contributed by atoms with Gasteiger partial charge in [-0.1, -0.05) is 0 Å². The molecule has 1 unspecified atom stereocenters. The van der Waals surface area contributed by atoms with Crippen LogP contribution in [0.5, 0.6) is 5.88 Å². The molecule has 0 aromatic carbocycles. The van der Waals surface area contributed by atoms with Gasteiger partial charge in [0.05, 0.1) is 32.9 Å². The molecule has 4 fully saturated rings. The van der Waals surface area contributed by atoms with Gasteiger partial charge >= 0.3 is 0 Å². The minimum atomic E-state index is -2.67. The van der Waals surface area contributed by atoms with Gasteiger partial charge in [-0.3, -0.25) is 4.79 Å². The van der Waals surface area contributed by atoms with Crippen molar-refractivity contribution >= 4 is 11.6 Å². The summed E-state index contributed by atoms with van der Waals surface area (Å²) in [5.41, 5.74) is 0.863. The number of fused-ring (bicyclic) bond motifs is 1. The van der Waals surface area contributed by atoms with Crippen LogP contribution in [0.4, 0.5) is 14.5 Å². The molecule has 5 rings (SSSR count). The third-order valence-corrected chi connectivity index (χ3v) is 5.92. The average Bonchev–Trinajstić information content (AvgIpc) is 3.20. The second kappa shape index (κ2) is 6.29. The quantitative estimate of drug-likeness (QED) is 0.784. The highest BCUT2D eigenvalue weighted by Gasteiger charge is 2.45. The van der Waals surface area contributed by atoms with Crippen molar-refractivity contribution in [1.82, 2.24) is 9.88 Å². The average molecular weight is 379 g/mol. The molecule has 2 atom stereocenters. The lowest BCUT2D eigenvalue weighted by Gasteiger charge is -2.40. The number of aromatic nitrogens is 1. The molecule has 0 bridgehead atoms. The Hall–Kier alpha value is -1.96. The zero-order valence-corrected chi connectivity index (χ0v) is 15.1. The number of hydrogen-bond acceptors (Lipinski definition) is 5. The number of carbonyl (C=O) groups is 1. The fourth-order valence-corrected chi connectivity index (χ4v) is 4.08. The van der Waals surface area contributed by atoms with Crippen LogP contribution in [0.15, 0.2) is 12.1 Å². The minimum Gasteiger partial charge on any atom is -0.476 e. The maximum atomic E-state index is 13.3. The largest absolute Gasteiger partial charge is 0.476 e. The molecular weight excluding hydrogens is 356 g/mol. The maximum absolute atomic E-state index is 13.3. The number of likely N-dealkylation sites (tertiary alicyclic amines) is 1. The van der Waals surface area contributed by atoms with Crippen molar-refractivity contribution in [2.45, 2.75) is 18.8 Å². The summed E-state index contributed by atoms with van der Waals surface area (Å²) in [6.45, 7) is 2.63. The van der Waals surface area contributed by atoms with Gasteiger partial charge in [-0.15, -0.1) is 0 Å². The van der Waals surface area contributed by atoms with Gasteiger partial charge in [0.1, 0.15) is 11.4 Å². The van der Waals surface area contributed by atoms with Gasteiger partial charge in [-0.25, -0.2) is 13.8 Å². The molecule has 1 amide bonds. The first-order valence-electron chi connectivity index (χ1n) is 9.62. The SMILES string of the molecule is O=C(c1ccc(N2CC(F)(F)C2)c(OCC2CC2)n1)N1CC2COC[C@H]2C1. The van der Waals surface area contributed by atoms with E-state index >= 15 is 0 Å². The van der Waals surface area contributed by atoms with E-state index in [1.54, 1.807) is 17.0 Å². The third kappa shape index (κ3) is 3.35.